The fourth-order valence-corrected chi connectivity index (χ4v) is 2.15. The summed E-state index contributed by atoms with van der Waals surface area (Å²) in [5.74, 6) is -0.0355. The Bertz CT molecular complexity index is 410. The zero-order valence-corrected chi connectivity index (χ0v) is 10.2. The molecule has 0 atom stereocenters. The Morgan fingerprint density at radius 2 is 2.06 bits per heavy atom. The molecule has 4 heteroatoms. The van der Waals surface area contributed by atoms with Crippen molar-refractivity contribution in [3.05, 3.63) is 34.6 Å². The Morgan fingerprint density at radius 3 is 2.71 bits per heavy atom. The van der Waals surface area contributed by atoms with Gasteiger partial charge in [-0.3, -0.25) is 4.79 Å². The van der Waals surface area contributed by atoms with Gasteiger partial charge in [0.15, 0.2) is 0 Å². The number of hydrogen-bond donors (Lipinski definition) is 0. The van der Waals surface area contributed by atoms with Crippen LogP contribution in [0.25, 0.3) is 0 Å². The Kier molecular flexibility index (Phi) is 4.13. The molecule has 1 aromatic carbocycles. The molecular weight excluding hydrogens is 243 g/mol. The summed E-state index contributed by atoms with van der Waals surface area (Å²) in [6, 6.07) is 4.28. The fourth-order valence-electron chi connectivity index (χ4n) is 1.93. The molecule has 1 aliphatic rings. The second-order valence-electron chi connectivity index (χ2n) is 4.28. The predicted molar refractivity (Wildman–Crippen MR) is 63.5 cm³/mol. The lowest BCUT2D eigenvalue weighted by Crippen LogP contribution is -2.21. The Morgan fingerprint density at radius 1 is 1.35 bits per heavy atom. The van der Waals surface area contributed by atoms with E-state index in [1.165, 1.54) is 12.1 Å². The van der Waals surface area contributed by atoms with Gasteiger partial charge in [0.05, 0.1) is 12.7 Å². The molecule has 2 rings (SSSR count). The summed E-state index contributed by atoms with van der Waals surface area (Å²) >= 11 is 5.90. The van der Waals surface area contributed by atoms with E-state index < -0.39 is 0 Å². The van der Waals surface area contributed by atoms with Crippen molar-refractivity contribution in [1.82, 2.24) is 0 Å². The van der Waals surface area contributed by atoms with E-state index in [1.54, 1.807) is 6.07 Å². The molecule has 0 saturated heterocycles. The number of rotatable bonds is 3. The molecule has 0 radical (unpaired) electrons. The lowest BCUT2D eigenvalue weighted by Gasteiger charge is -2.21. The van der Waals surface area contributed by atoms with Crippen molar-refractivity contribution in [3.8, 4) is 0 Å². The second-order valence-corrected chi connectivity index (χ2v) is 4.69. The van der Waals surface area contributed by atoms with Crippen LogP contribution < -0.4 is 0 Å². The normalized spacial score (nSPS) is 17.4. The maximum absolute atomic E-state index is 12.8. The quantitative estimate of drug-likeness (QED) is 0.827. The minimum atomic E-state index is -0.345. The molecule has 1 aromatic rings. The van der Waals surface area contributed by atoms with Crippen molar-refractivity contribution in [2.45, 2.75) is 38.4 Å². The number of ketones is 1. The van der Waals surface area contributed by atoms with Crippen LogP contribution in [0.1, 0.15) is 31.2 Å². The van der Waals surface area contributed by atoms with E-state index in [1.807, 2.05) is 0 Å². The van der Waals surface area contributed by atoms with Gasteiger partial charge in [-0.15, -0.1) is 0 Å². The number of carbonyl (C=O) groups excluding carboxylic acids is 1. The number of Topliss-reactive ketones (excluding diaryl/α,β-unsaturated/α-hetero) is 1. The first-order chi connectivity index (χ1) is 8.15. The maximum Gasteiger partial charge on any atom is 0.133 e. The number of benzene rings is 1. The van der Waals surface area contributed by atoms with Gasteiger partial charge in [-0.2, -0.15) is 0 Å². The van der Waals surface area contributed by atoms with Crippen LogP contribution in [0.15, 0.2) is 18.2 Å². The summed E-state index contributed by atoms with van der Waals surface area (Å²) in [6.07, 6.45) is 2.87. The first-order valence-electron chi connectivity index (χ1n) is 5.72. The summed E-state index contributed by atoms with van der Waals surface area (Å²) in [6.45, 7) is 0.373. The summed E-state index contributed by atoms with van der Waals surface area (Å²) in [7, 11) is 0. The molecule has 2 nitrogen and oxygen atoms in total. The fraction of sp³-hybridized carbons (Fsp3) is 0.462. The monoisotopic (exact) mass is 256 g/mol. The molecule has 0 N–H and O–H groups in total. The number of carbonyl (C=O) groups is 1. The van der Waals surface area contributed by atoms with Crippen molar-refractivity contribution < 1.29 is 13.9 Å². The second kappa shape index (κ2) is 5.61. The molecule has 1 saturated carbocycles. The minimum absolute atomic E-state index is 0.119. The van der Waals surface area contributed by atoms with Gasteiger partial charge in [0.1, 0.15) is 11.6 Å². The van der Waals surface area contributed by atoms with Crippen LogP contribution in [0.2, 0.25) is 5.02 Å². The van der Waals surface area contributed by atoms with Crippen LogP contribution in [0, 0.1) is 5.82 Å². The van der Waals surface area contributed by atoms with Gasteiger partial charge in [-0.1, -0.05) is 17.7 Å². The molecule has 0 heterocycles. The molecule has 0 unspecified atom stereocenters. The van der Waals surface area contributed by atoms with Gasteiger partial charge in [0.2, 0.25) is 0 Å². The average Bonchev–Trinajstić information content (AvgIpc) is 2.30. The average molecular weight is 257 g/mol. The first-order valence-corrected chi connectivity index (χ1v) is 6.10. The number of hydrogen-bond acceptors (Lipinski definition) is 2. The van der Waals surface area contributed by atoms with Gasteiger partial charge in [-0.05, 0) is 30.5 Å². The SMILES string of the molecule is O=C1CCC(OCc2ccc(F)cc2Cl)CC1. The highest BCUT2D eigenvalue weighted by atomic mass is 35.5. The van der Waals surface area contributed by atoms with Crippen LogP contribution >= 0.6 is 11.6 Å². The molecule has 1 aliphatic carbocycles. The van der Waals surface area contributed by atoms with E-state index in [4.69, 9.17) is 16.3 Å². The summed E-state index contributed by atoms with van der Waals surface area (Å²) in [4.78, 5) is 11.1. The van der Waals surface area contributed by atoms with Crippen molar-refractivity contribution in [2.24, 2.45) is 0 Å². The third-order valence-electron chi connectivity index (χ3n) is 2.98. The van der Waals surface area contributed by atoms with Gasteiger partial charge in [0.25, 0.3) is 0 Å². The maximum atomic E-state index is 12.8. The largest absolute Gasteiger partial charge is 0.373 e. The summed E-state index contributed by atoms with van der Waals surface area (Å²) in [5, 5.41) is 0.386. The lowest BCUT2D eigenvalue weighted by molar-refractivity contribution is -0.123. The zero-order valence-electron chi connectivity index (χ0n) is 9.42. The minimum Gasteiger partial charge on any atom is -0.373 e. The smallest absolute Gasteiger partial charge is 0.133 e. The molecule has 0 bridgehead atoms. The van der Waals surface area contributed by atoms with Crippen molar-refractivity contribution in [1.29, 1.82) is 0 Å². The highest BCUT2D eigenvalue weighted by Crippen LogP contribution is 2.22. The van der Waals surface area contributed by atoms with Gasteiger partial charge < -0.3 is 4.74 Å². The Balaban J connectivity index is 1.87. The summed E-state index contributed by atoms with van der Waals surface area (Å²) in [5.41, 5.74) is 0.782. The van der Waals surface area contributed by atoms with E-state index in [9.17, 15) is 9.18 Å². The van der Waals surface area contributed by atoms with Gasteiger partial charge in [-0.25, -0.2) is 4.39 Å². The molecule has 1 fully saturated rings. The third-order valence-corrected chi connectivity index (χ3v) is 3.33. The lowest BCUT2D eigenvalue weighted by atomic mass is 9.96. The molecule has 0 aliphatic heterocycles. The van der Waals surface area contributed by atoms with E-state index in [-0.39, 0.29) is 11.9 Å². The topological polar surface area (TPSA) is 26.3 Å². The first kappa shape index (κ1) is 12.5. The van der Waals surface area contributed by atoms with Gasteiger partial charge in [0, 0.05) is 17.9 Å². The predicted octanol–water partition coefficient (Wildman–Crippen LogP) is 3.51. The zero-order chi connectivity index (χ0) is 12.3. The highest BCUT2D eigenvalue weighted by molar-refractivity contribution is 6.31. The Labute approximate surface area is 105 Å². The van der Waals surface area contributed by atoms with Crippen molar-refractivity contribution in [3.63, 3.8) is 0 Å². The van der Waals surface area contributed by atoms with E-state index in [2.05, 4.69) is 0 Å². The third kappa shape index (κ3) is 3.51. The Hall–Kier alpha value is -0.930. The van der Waals surface area contributed by atoms with Crippen molar-refractivity contribution >= 4 is 17.4 Å². The molecule has 92 valence electrons. The van der Waals surface area contributed by atoms with Gasteiger partial charge >= 0.3 is 0 Å². The van der Waals surface area contributed by atoms with E-state index in [0.29, 0.717) is 30.3 Å². The number of ether oxygens (including phenoxy) is 1. The summed E-state index contributed by atoms with van der Waals surface area (Å²) < 4.78 is 18.5. The molecule has 17 heavy (non-hydrogen) atoms. The molecule has 0 amide bonds. The van der Waals surface area contributed by atoms with E-state index in [0.717, 1.165) is 18.4 Å². The van der Waals surface area contributed by atoms with Crippen LogP contribution in [0.4, 0.5) is 4.39 Å². The van der Waals surface area contributed by atoms with Crippen LogP contribution in [-0.2, 0) is 16.1 Å². The highest BCUT2D eigenvalue weighted by Gasteiger charge is 2.19. The molecular formula is C13H14ClFO2. The van der Waals surface area contributed by atoms with E-state index >= 15 is 0 Å². The van der Waals surface area contributed by atoms with Crippen LogP contribution in [0.5, 0.6) is 0 Å². The molecule has 0 aromatic heterocycles. The van der Waals surface area contributed by atoms with Crippen LogP contribution in [-0.4, -0.2) is 11.9 Å². The van der Waals surface area contributed by atoms with Crippen LogP contribution in [0.3, 0.4) is 0 Å². The molecule has 0 spiro atoms. The standard InChI is InChI=1S/C13H14ClFO2/c14-13-7-10(15)2-1-9(13)8-17-12-5-3-11(16)4-6-12/h1-2,7,12H,3-6,8H2. The number of halogens is 2. The van der Waals surface area contributed by atoms with Crippen molar-refractivity contribution in [2.75, 3.05) is 0 Å².